The maximum atomic E-state index is 14.5. The van der Waals surface area contributed by atoms with Gasteiger partial charge in [-0.3, -0.25) is 0 Å². The Morgan fingerprint density at radius 2 is 2.04 bits per heavy atom. The van der Waals surface area contributed by atoms with Gasteiger partial charge in [-0.25, -0.2) is 17.6 Å². The van der Waals surface area contributed by atoms with Crippen LogP contribution in [0.15, 0.2) is 27.6 Å². The summed E-state index contributed by atoms with van der Waals surface area (Å²) < 4.78 is 46.0. The second-order valence-corrected chi connectivity index (χ2v) is 8.36. The highest BCUT2D eigenvalue weighted by atomic mass is 79.9. The van der Waals surface area contributed by atoms with Gasteiger partial charge in [-0.15, -0.1) is 0 Å². The summed E-state index contributed by atoms with van der Waals surface area (Å²) in [6.07, 6.45) is -0.452. The Morgan fingerprint density at radius 3 is 2.57 bits per heavy atom. The molecular weight excluding hydrogens is 413 g/mol. The molecule has 2 rings (SSSR count). The molecule has 0 amide bonds. The summed E-state index contributed by atoms with van der Waals surface area (Å²) in [6, 6.07) is 4.35. The SMILES string of the molecule is CCOC(=O)C1(F)CCN(S(=O)(=O)c2ccc(Cl)cc2Br)CC1. The normalized spacial score (nSPS) is 18.6. The molecule has 0 radical (unpaired) electrons. The van der Waals surface area contributed by atoms with Crippen molar-refractivity contribution < 1.29 is 22.3 Å². The van der Waals surface area contributed by atoms with Gasteiger partial charge in [0.1, 0.15) is 0 Å². The van der Waals surface area contributed by atoms with Gasteiger partial charge >= 0.3 is 5.97 Å². The quantitative estimate of drug-likeness (QED) is 0.691. The molecule has 128 valence electrons. The number of esters is 1. The van der Waals surface area contributed by atoms with Crippen molar-refractivity contribution in [2.24, 2.45) is 0 Å². The number of hydrogen-bond donors (Lipinski definition) is 0. The first-order valence-electron chi connectivity index (χ1n) is 7.02. The van der Waals surface area contributed by atoms with Gasteiger partial charge < -0.3 is 4.74 Å². The molecule has 1 saturated heterocycles. The molecule has 1 heterocycles. The van der Waals surface area contributed by atoms with Crippen LogP contribution in [0.2, 0.25) is 5.02 Å². The molecule has 0 aliphatic carbocycles. The van der Waals surface area contributed by atoms with E-state index < -0.39 is 21.7 Å². The van der Waals surface area contributed by atoms with Crippen molar-refractivity contribution in [1.82, 2.24) is 4.31 Å². The molecule has 1 aromatic rings. The first-order chi connectivity index (χ1) is 10.7. The number of ether oxygens (including phenoxy) is 1. The lowest BCUT2D eigenvalue weighted by atomic mass is 9.95. The van der Waals surface area contributed by atoms with Crippen LogP contribution in [0.3, 0.4) is 0 Å². The van der Waals surface area contributed by atoms with Gasteiger partial charge in [0.15, 0.2) is 0 Å². The van der Waals surface area contributed by atoms with Crippen molar-refractivity contribution in [3.63, 3.8) is 0 Å². The zero-order valence-corrected chi connectivity index (χ0v) is 15.5. The van der Waals surface area contributed by atoms with Crippen molar-refractivity contribution in [2.45, 2.75) is 30.3 Å². The van der Waals surface area contributed by atoms with E-state index in [2.05, 4.69) is 15.9 Å². The lowest BCUT2D eigenvalue weighted by Gasteiger charge is -2.34. The molecule has 0 atom stereocenters. The van der Waals surface area contributed by atoms with Crippen LogP contribution >= 0.6 is 27.5 Å². The first kappa shape index (κ1) is 18.6. The van der Waals surface area contributed by atoms with Crippen molar-refractivity contribution in [3.05, 3.63) is 27.7 Å². The van der Waals surface area contributed by atoms with E-state index in [1.165, 1.54) is 18.2 Å². The van der Waals surface area contributed by atoms with Crippen LogP contribution in [-0.2, 0) is 19.6 Å². The van der Waals surface area contributed by atoms with Crippen molar-refractivity contribution in [3.8, 4) is 0 Å². The van der Waals surface area contributed by atoms with Crippen LogP contribution in [-0.4, -0.2) is 44.1 Å². The molecular formula is C14H16BrClFNO4S. The van der Waals surface area contributed by atoms with Crippen LogP contribution in [0.25, 0.3) is 0 Å². The van der Waals surface area contributed by atoms with Gasteiger partial charge in [0.05, 0.1) is 11.5 Å². The van der Waals surface area contributed by atoms with E-state index in [4.69, 9.17) is 16.3 Å². The zero-order chi connectivity index (χ0) is 17.3. The van der Waals surface area contributed by atoms with E-state index >= 15 is 0 Å². The topological polar surface area (TPSA) is 63.7 Å². The largest absolute Gasteiger partial charge is 0.464 e. The zero-order valence-electron chi connectivity index (χ0n) is 12.4. The fraction of sp³-hybridized carbons (Fsp3) is 0.500. The standard InChI is InChI=1S/C14H16BrClFNO4S/c1-2-22-13(19)14(17)5-7-18(8-6-14)23(20,21)12-4-3-10(16)9-11(12)15/h3-4,9H,2,5-8H2,1H3. The Hall–Kier alpha value is -0.700. The number of piperidine rings is 1. The van der Waals surface area contributed by atoms with E-state index in [0.29, 0.717) is 9.50 Å². The molecule has 1 fully saturated rings. The third kappa shape index (κ3) is 3.87. The van der Waals surface area contributed by atoms with E-state index in [0.717, 1.165) is 4.31 Å². The number of benzene rings is 1. The number of alkyl halides is 1. The average molecular weight is 429 g/mol. The van der Waals surface area contributed by atoms with Gasteiger partial charge in [0, 0.05) is 35.4 Å². The second-order valence-electron chi connectivity index (χ2n) is 5.16. The number of hydrogen-bond acceptors (Lipinski definition) is 4. The highest BCUT2D eigenvalue weighted by Gasteiger charge is 2.45. The lowest BCUT2D eigenvalue weighted by molar-refractivity contribution is -0.160. The van der Waals surface area contributed by atoms with Crippen LogP contribution in [0, 0.1) is 0 Å². The minimum absolute atomic E-state index is 0.0596. The molecule has 9 heteroatoms. The minimum Gasteiger partial charge on any atom is -0.464 e. The number of halogens is 3. The van der Waals surface area contributed by atoms with E-state index in [1.807, 2.05) is 0 Å². The Bertz CT molecular complexity index is 705. The van der Waals surface area contributed by atoms with E-state index in [1.54, 1.807) is 6.92 Å². The van der Waals surface area contributed by atoms with Crippen molar-refractivity contribution in [2.75, 3.05) is 19.7 Å². The van der Waals surface area contributed by atoms with E-state index in [-0.39, 0.29) is 37.4 Å². The summed E-state index contributed by atoms with van der Waals surface area (Å²) in [5.74, 6) is -0.926. The summed E-state index contributed by atoms with van der Waals surface area (Å²) in [4.78, 5) is 11.7. The molecule has 1 aliphatic heterocycles. The summed E-state index contributed by atoms with van der Waals surface area (Å²) in [6.45, 7) is 1.50. The minimum atomic E-state index is -3.79. The molecule has 0 N–H and O–H groups in total. The summed E-state index contributed by atoms with van der Waals surface area (Å²) in [5.41, 5.74) is -2.13. The molecule has 0 bridgehead atoms. The van der Waals surface area contributed by atoms with Crippen LogP contribution in [0.1, 0.15) is 19.8 Å². The second kappa shape index (κ2) is 7.04. The van der Waals surface area contributed by atoms with Gasteiger partial charge in [-0.2, -0.15) is 4.31 Å². The first-order valence-corrected chi connectivity index (χ1v) is 9.63. The summed E-state index contributed by atoms with van der Waals surface area (Å²) in [7, 11) is -3.79. The van der Waals surface area contributed by atoms with Gasteiger partial charge in [0.25, 0.3) is 0 Å². The molecule has 1 aliphatic rings. The number of rotatable bonds is 4. The van der Waals surface area contributed by atoms with Crippen molar-refractivity contribution in [1.29, 1.82) is 0 Å². The van der Waals surface area contributed by atoms with Gasteiger partial charge in [0.2, 0.25) is 15.7 Å². The Kier molecular flexibility index (Phi) is 5.71. The number of carbonyl (C=O) groups excluding carboxylic acids is 1. The Labute approximate surface area is 147 Å². The highest BCUT2D eigenvalue weighted by molar-refractivity contribution is 9.10. The molecule has 5 nitrogen and oxygen atoms in total. The predicted octanol–water partition coefficient (Wildman–Crippen LogP) is 3.16. The third-order valence-corrected chi connectivity index (χ3v) is 6.78. The summed E-state index contributed by atoms with van der Waals surface area (Å²) in [5, 5.41) is 0.402. The fourth-order valence-electron chi connectivity index (χ4n) is 2.37. The summed E-state index contributed by atoms with van der Waals surface area (Å²) >= 11 is 8.99. The fourth-order valence-corrected chi connectivity index (χ4v) is 5.15. The molecule has 0 spiro atoms. The van der Waals surface area contributed by atoms with Crippen LogP contribution < -0.4 is 0 Å². The smallest absolute Gasteiger partial charge is 0.343 e. The van der Waals surface area contributed by atoms with Crippen molar-refractivity contribution >= 4 is 43.5 Å². The molecule has 1 aromatic carbocycles. The van der Waals surface area contributed by atoms with Gasteiger partial charge in [-0.05, 0) is 41.1 Å². The van der Waals surface area contributed by atoms with Crippen LogP contribution in [0.4, 0.5) is 4.39 Å². The monoisotopic (exact) mass is 427 g/mol. The average Bonchev–Trinajstić information content (AvgIpc) is 2.47. The van der Waals surface area contributed by atoms with Crippen LogP contribution in [0.5, 0.6) is 0 Å². The lowest BCUT2D eigenvalue weighted by Crippen LogP contribution is -2.49. The maximum absolute atomic E-state index is 14.5. The molecule has 0 aromatic heterocycles. The molecule has 0 unspecified atom stereocenters. The highest BCUT2D eigenvalue weighted by Crippen LogP contribution is 2.33. The number of carbonyl (C=O) groups is 1. The van der Waals surface area contributed by atoms with Gasteiger partial charge in [-0.1, -0.05) is 11.6 Å². The Balaban J connectivity index is 2.17. The predicted molar refractivity (Wildman–Crippen MR) is 87.6 cm³/mol. The molecule has 23 heavy (non-hydrogen) atoms. The third-order valence-electron chi connectivity index (χ3n) is 3.67. The molecule has 0 saturated carbocycles. The van der Waals surface area contributed by atoms with E-state index in [9.17, 15) is 17.6 Å². The number of sulfonamides is 1. The number of nitrogens with zero attached hydrogens (tertiary/aromatic N) is 1. The Morgan fingerprint density at radius 1 is 1.43 bits per heavy atom. The maximum Gasteiger partial charge on any atom is 0.343 e.